The summed E-state index contributed by atoms with van der Waals surface area (Å²) in [5, 5.41) is 0. The second kappa shape index (κ2) is 9.10. The molecule has 3 aromatic carbocycles. The minimum atomic E-state index is 0.681. The number of nitrogens with two attached hydrogens (primary N) is 1. The van der Waals surface area contributed by atoms with Crippen molar-refractivity contribution in [2.24, 2.45) is 0 Å². The Kier molecular flexibility index (Phi) is 6.34. The fourth-order valence-corrected chi connectivity index (χ4v) is 2.81. The van der Waals surface area contributed by atoms with Crippen LogP contribution in [-0.4, -0.2) is 32.1 Å². The molecule has 0 atom stereocenters. The third-order valence-corrected chi connectivity index (χ3v) is 4.34. The topological polar surface area (TPSA) is 41.7 Å². The minimum Gasteiger partial charge on any atom is -0.492 e. The standard InChI is InChI=1S/C23H27N3O/c1-25(2)16-17-27-23-14-12-22(13-15-23)26(21-6-4-3-5-7-21)18-19-8-10-20(24)11-9-19/h3-15H,16-18,24H2,1-2H3. The lowest BCUT2D eigenvalue weighted by Gasteiger charge is -2.25. The van der Waals surface area contributed by atoms with Gasteiger partial charge in [-0.2, -0.15) is 0 Å². The molecule has 27 heavy (non-hydrogen) atoms. The molecule has 3 aromatic rings. The summed E-state index contributed by atoms with van der Waals surface area (Å²) in [6.45, 7) is 2.35. The molecule has 0 amide bonds. The van der Waals surface area contributed by atoms with E-state index < -0.39 is 0 Å². The molecule has 140 valence electrons. The summed E-state index contributed by atoms with van der Waals surface area (Å²) in [5.41, 5.74) is 10.1. The van der Waals surface area contributed by atoms with E-state index in [0.717, 1.165) is 35.9 Å². The Labute approximate surface area is 161 Å². The Morgan fingerprint density at radius 2 is 1.41 bits per heavy atom. The molecule has 4 nitrogen and oxygen atoms in total. The lowest BCUT2D eigenvalue weighted by molar-refractivity contribution is 0.261. The zero-order chi connectivity index (χ0) is 19.1. The van der Waals surface area contributed by atoms with Crippen molar-refractivity contribution in [1.82, 2.24) is 4.90 Å². The van der Waals surface area contributed by atoms with Crippen molar-refractivity contribution in [2.75, 3.05) is 37.9 Å². The predicted molar refractivity (Wildman–Crippen MR) is 114 cm³/mol. The molecule has 0 saturated heterocycles. The van der Waals surface area contributed by atoms with Gasteiger partial charge in [0.05, 0.1) is 0 Å². The van der Waals surface area contributed by atoms with Crippen LogP contribution in [-0.2, 0) is 6.54 Å². The van der Waals surface area contributed by atoms with Crippen molar-refractivity contribution in [3.8, 4) is 5.75 Å². The molecule has 0 aromatic heterocycles. The maximum atomic E-state index is 5.82. The number of likely N-dealkylation sites (N-methyl/N-ethyl adjacent to an activating group) is 1. The lowest BCUT2D eigenvalue weighted by atomic mass is 10.1. The van der Waals surface area contributed by atoms with Gasteiger partial charge in [-0.3, -0.25) is 0 Å². The minimum absolute atomic E-state index is 0.681. The zero-order valence-corrected chi connectivity index (χ0v) is 16.0. The largest absolute Gasteiger partial charge is 0.492 e. The number of hydrogen-bond acceptors (Lipinski definition) is 4. The quantitative estimate of drug-likeness (QED) is 0.598. The van der Waals surface area contributed by atoms with E-state index in [4.69, 9.17) is 10.5 Å². The second-order valence-corrected chi connectivity index (χ2v) is 6.81. The third-order valence-electron chi connectivity index (χ3n) is 4.34. The first kappa shape index (κ1) is 18.8. The van der Waals surface area contributed by atoms with Crippen molar-refractivity contribution in [1.29, 1.82) is 0 Å². The molecule has 0 unspecified atom stereocenters. The van der Waals surface area contributed by atoms with Gasteiger partial charge in [-0.25, -0.2) is 0 Å². The molecule has 0 aliphatic carbocycles. The van der Waals surface area contributed by atoms with Crippen LogP contribution in [0.5, 0.6) is 5.75 Å². The zero-order valence-electron chi connectivity index (χ0n) is 16.0. The monoisotopic (exact) mass is 361 g/mol. The normalized spacial score (nSPS) is 10.8. The Hall–Kier alpha value is -2.98. The van der Waals surface area contributed by atoms with Gasteiger partial charge in [0.25, 0.3) is 0 Å². The summed E-state index contributed by atoms with van der Waals surface area (Å²) in [4.78, 5) is 4.40. The van der Waals surface area contributed by atoms with E-state index >= 15 is 0 Å². The fourth-order valence-electron chi connectivity index (χ4n) is 2.81. The molecule has 0 aliphatic rings. The van der Waals surface area contributed by atoms with E-state index in [-0.39, 0.29) is 0 Å². The number of para-hydroxylation sites is 1. The summed E-state index contributed by atoms with van der Waals surface area (Å²) in [6.07, 6.45) is 0. The number of ether oxygens (including phenoxy) is 1. The smallest absolute Gasteiger partial charge is 0.119 e. The number of rotatable bonds is 8. The first-order valence-corrected chi connectivity index (χ1v) is 9.16. The summed E-state index contributed by atoms with van der Waals surface area (Å²) in [7, 11) is 4.09. The van der Waals surface area contributed by atoms with E-state index in [2.05, 4.69) is 58.3 Å². The summed E-state index contributed by atoms with van der Waals surface area (Å²) in [5.74, 6) is 0.890. The fraction of sp³-hybridized carbons (Fsp3) is 0.217. The Balaban J connectivity index is 1.79. The molecule has 2 N–H and O–H groups in total. The summed E-state index contributed by atoms with van der Waals surface area (Å²) in [6, 6.07) is 26.7. The van der Waals surface area contributed by atoms with Gasteiger partial charge >= 0.3 is 0 Å². The van der Waals surface area contributed by atoms with Gasteiger partial charge in [0.15, 0.2) is 0 Å². The first-order chi connectivity index (χ1) is 13.1. The van der Waals surface area contributed by atoms with Crippen molar-refractivity contribution in [3.63, 3.8) is 0 Å². The van der Waals surface area contributed by atoms with Gasteiger partial charge in [0.1, 0.15) is 12.4 Å². The average molecular weight is 361 g/mol. The van der Waals surface area contributed by atoms with E-state index in [1.807, 2.05) is 44.4 Å². The maximum absolute atomic E-state index is 5.82. The molecule has 0 heterocycles. The molecule has 0 saturated carbocycles. The van der Waals surface area contributed by atoms with Crippen molar-refractivity contribution in [2.45, 2.75) is 6.54 Å². The number of nitrogens with zero attached hydrogens (tertiary/aromatic N) is 2. The van der Waals surface area contributed by atoms with Crippen LogP contribution in [0.2, 0.25) is 0 Å². The van der Waals surface area contributed by atoms with E-state index in [9.17, 15) is 0 Å². The summed E-state index contributed by atoms with van der Waals surface area (Å²) >= 11 is 0. The van der Waals surface area contributed by atoms with E-state index in [1.165, 1.54) is 5.56 Å². The van der Waals surface area contributed by atoms with E-state index in [1.54, 1.807) is 0 Å². The predicted octanol–water partition coefficient (Wildman–Crippen LogP) is 4.55. The van der Waals surface area contributed by atoms with Crippen LogP contribution in [0.25, 0.3) is 0 Å². The average Bonchev–Trinajstić information content (AvgIpc) is 2.69. The van der Waals surface area contributed by atoms with Crippen LogP contribution in [0, 0.1) is 0 Å². The molecular weight excluding hydrogens is 334 g/mol. The van der Waals surface area contributed by atoms with Crippen molar-refractivity contribution in [3.05, 3.63) is 84.4 Å². The number of anilines is 3. The molecule has 3 rings (SSSR count). The van der Waals surface area contributed by atoms with Crippen LogP contribution in [0.4, 0.5) is 17.1 Å². The van der Waals surface area contributed by atoms with Crippen LogP contribution in [0.3, 0.4) is 0 Å². The number of nitrogen functional groups attached to an aromatic ring is 1. The summed E-state index contributed by atoms with van der Waals surface area (Å²) < 4.78 is 5.81. The maximum Gasteiger partial charge on any atom is 0.119 e. The van der Waals surface area contributed by atoms with Gasteiger partial charge in [-0.1, -0.05) is 30.3 Å². The molecular formula is C23H27N3O. The molecule has 0 spiro atoms. The second-order valence-electron chi connectivity index (χ2n) is 6.81. The van der Waals surface area contributed by atoms with Crippen LogP contribution < -0.4 is 15.4 Å². The highest BCUT2D eigenvalue weighted by atomic mass is 16.5. The van der Waals surface area contributed by atoms with Gasteiger partial charge in [0, 0.05) is 30.2 Å². The SMILES string of the molecule is CN(C)CCOc1ccc(N(Cc2ccc(N)cc2)c2ccccc2)cc1. The Bertz CT molecular complexity index is 815. The lowest BCUT2D eigenvalue weighted by Crippen LogP contribution is -2.19. The molecule has 4 heteroatoms. The highest BCUT2D eigenvalue weighted by Gasteiger charge is 2.10. The van der Waals surface area contributed by atoms with Crippen molar-refractivity contribution >= 4 is 17.1 Å². The molecule has 0 aliphatic heterocycles. The highest BCUT2D eigenvalue weighted by molar-refractivity contribution is 5.64. The molecule has 0 radical (unpaired) electrons. The van der Waals surface area contributed by atoms with Crippen LogP contribution >= 0.6 is 0 Å². The third kappa shape index (κ3) is 5.50. The van der Waals surface area contributed by atoms with Gasteiger partial charge in [-0.15, -0.1) is 0 Å². The van der Waals surface area contributed by atoms with Gasteiger partial charge in [-0.05, 0) is 68.2 Å². The Morgan fingerprint density at radius 1 is 0.778 bits per heavy atom. The first-order valence-electron chi connectivity index (χ1n) is 9.16. The molecule has 0 fully saturated rings. The van der Waals surface area contributed by atoms with Gasteiger partial charge < -0.3 is 20.3 Å². The highest BCUT2D eigenvalue weighted by Crippen LogP contribution is 2.29. The van der Waals surface area contributed by atoms with Crippen LogP contribution in [0.1, 0.15) is 5.56 Å². The van der Waals surface area contributed by atoms with Crippen molar-refractivity contribution < 1.29 is 4.74 Å². The van der Waals surface area contributed by atoms with Crippen LogP contribution in [0.15, 0.2) is 78.9 Å². The Morgan fingerprint density at radius 3 is 2.04 bits per heavy atom. The van der Waals surface area contributed by atoms with Gasteiger partial charge in [0.2, 0.25) is 0 Å². The number of benzene rings is 3. The molecule has 0 bridgehead atoms. The van der Waals surface area contributed by atoms with E-state index in [0.29, 0.717) is 6.61 Å². The number of hydrogen-bond donors (Lipinski definition) is 1.